The van der Waals surface area contributed by atoms with Gasteiger partial charge in [0.25, 0.3) is 11.8 Å². The lowest BCUT2D eigenvalue weighted by Gasteiger charge is -2.50. The van der Waals surface area contributed by atoms with Gasteiger partial charge in [-0.15, -0.1) is 23.2 Å². The fourth-order valence-corrected chi connectivity index (χ4v) is 7.94. The van der Waals surface area contributed by atoms with Crippen molar-refractivity contribution in [3.05, 3.63) is 70.2 Å². The van der Waals surface area contributed by atoms with Crippen LogP contribution in [0.2, 0.25) is 0 Å². The van der Waals surface area contributed by atoms with E-state index >= 15 is 0 Å². The highest BCUT2D eigenvalue weighted by atomic mass is 79.9. The van der Waals surface area contributed by atoms with Crippen LogP contribution in [-0.4, -0.2) is 50.4 Å². The summed E-state index contributed by atoms with van der Waals surface area (Å²) in [6, 6.07) is 13.4. The minimum absolute atomic E-state index is 0.0860. The average Bonchev–Trinajstić information content (AvgIpc) is 3.20. The van der Waals surface area contributed by atoms with Gasteiger partial charge < -0.3 is 5.11 Å². The smallest absolute Gasteiger partial charge is 0.253 e. The number of carbonyl (C=O) groups is 4. The lowest BCUT2D eigenvalue weighted by atomic mass is 9.56. The molecule has 4 amide bonds. The zero-order chi connectivity index (χ0) is 26.4. The number of para-hydroxylation sites is 1. The van der Waals surface area contributed by atoms with Crippen LogP contribution in [0.5, 0.6) is 5.75 Å². The lowest BCUT2D eigenvalue weighted by molar-refractivity contribution is -0.138. The molecule has 2 aliphatic carbocycles. The molecule has 6 unspecified atom stereocenters. The van der Waals surface area contributed by atoms with Crippen molar-refractivity contribution in [2.45, 2.75) is 28.5 Å². The Morgan fingerprint density at radius 2 is 1.62 bits per heavy atom. The van der Waals surface area contributed by atoms with Crippen molar-refractivity contribution < 1.29 is 24.3 Å². The van der Waals surface area contributed by atoms with Crippen LogP contribution in [0.4, 0.5) is 5.69 Å². The molecule has 2 heterocycles. The Hall–Kier alpha value is -2.68. The van der Waals surface area contributed by atoms with E-state index < -0.39 is 45.2 Å². The quantitative estimate of drug-likeness (QED) is 0.313. The minimum Gasteiger partial charge on any atom is -0.508 e. The number of amides is 4. The number of allylic oxidation sites excluding steroid dienone is 2. The van der Waals surface area contributed by atoms with Gasteiger partial charge in [0.05, 0.1) is 17.5 Å². The predicted octanol–water partition coefficient (Wildman–Crippen LogP) is 4.35. The number of aromatic hydroxyl groups is 1. The summed E-state index contributed by atoms with van der Waals surface area (Å²) in [7, 11) is 1.33. The Labute approximate surface area is 231 Å². The van der Waals surface area contributed by atoms with Crippen LogP contribution in [0.25, 0.3) is 0 Å². The Kier molecular flexibility index (Phi) is 5.43. The van der Waals surface area contributed by atoms with Gasteiger partial charge in [0.1, 0.15) is 5.75 Å². The van der Waals surface area contributed by atoms with Crippen molar-refractivity contribution in [1.29, 1.82) is 0 Å². The van der Waals surface area contributed by atoms with Crippen LogP contribution in [0.15, 0.2) is 64.7 Å². The van der Waals surface area contributed by atoms with Gasteiger partial charge in [0.15, 0.2) is 9.75 Å². The summed E-state index contributed by atoms with van der Waals surface area (Å²) in [5, 5.41) is 10.8. The molecule has 6 rings (SSSR count). The summed E-state index contributed by atoms with van der Waals surface area (Å²) >= 11 is 17.5. The number of halogens is 3. The van der Waals surface area contributed by atoms with Crippen LogP contribution in [-0.2, 0) is 19.2 Å². The van der Waals surface area contributed by atoms with E-state index in [2.05, 4.69) is 15.9 Å². The Balaban J connectivity index is 1.52. The molecular weight excluding hydrogens is 583 g/mol. The molecule has 0 radical (unpaired) electrons. The Bertz CT molecular complexity index is 1430. The van der Waals surface area contributed by atoms with Gasteiger partial charge in [0.2, 0.25) is 11.8 Å². The third kappa shape index (κ3) is 3.06. The van der Waals surface area contributed by atoms with E-state index in [4.69, 9.17) is 23.2 Å². The number of nitrogens with zero attached hydrogens (tertiary/aromatic N) is 2. The number of imide groups is 2. The van der Waals surface area contributed by atoms with E-state index in [1.54, 1.807) is 42.5 Å². The van der Waals surface area contributed by atoms with Gasteiger partial charge in [-0.05, 0) is 49.1 Å². The molecule has 3 fully saturated rings. The van der Waals surface area contributed by atoms with Gasteiger partial charge >= 0.3 is 0 Å². The maximum Gasteiger partial charge on any atom is 0.253 e. The van der Waals surface area contributed by atoms with Gasteiger partial charge in [-0.1, -0.05) is 45.8 Å². The fraction of sp³-hybridized carbons (Fsp3) is 0.333. The molecular formula is C27H21BrCl2N2O5. The van der Waals surface area contributed by atoms with Crippen molar-refractivity contribution in [2.24, 2.45) is 17.8 Å². The second kappa shape index (κ2) is 8.16. The molecule has 0 bridgehead atoms. The number of rotatable bonds is 2. The second-order valence-corrected chi connectivity index (χ2v) is 12.2. The van der Waals surface area contributed by atoms with E-state index in [0.717, 1.165) is 9.37 Å². The van der Waals surface area contributed by atoms with Crippen molar-refractivity contribution in [1.82, 2.24) is 4.90 Å². The Morgan fingerprint density at radius 1 is 0.946 bits per heavy atom. The molecule has 7 nitrogen and oxygen atoms in total. The van der Waals surface area contributed by atoms with Gasteiger partial charge in [0, 0.05) is 23.0 Å². The van der Waals surface area contributed by atoms with E-state index in [0.29, 0.717) is 16.8 Å². The number of anilines is 1. The maximum atomic E-state index is 13.9. The molecule has 2 aliphatic heterocycles. The second-order valence-electron chi connectivity index (χ2n) is 10.0. The van der Waals surface area contributed by atoms with Crippen LogP contribution < -0.4 is 4.90 Å². The topological polar surface area (TPSA) is 95.0 Å². The third-order valence-electron chi connectivity index (χ3n) is 8.35. The summed E-state index contributed by atoms with van der Waals surface area (Å²) in [6.07, 6.45) is 2.02. The molecule has 4 aliphatic rings. The highest BCUT2D eigenvalue weighted by molar-refractivity contribution is 9.10. The Morgan fingerprint density at radius 3 is 2.30 bits per heavy atom. The molecule has 0 spiro atoms. The van der Waals surface area contributed by atoms with Crippen molar-refractivity contribution in [3.63, 3.8) is 0 Å². The molecule has 1 saturated carbocycles. The van der Waals surface area contributed by atoms with Crippen LogP contribution in [0.3, 0.4) is 0 Å². The standard InChI is InChI=1S/C27H21BrCl2N2O5/c1-31-24(36)26(29)12-18-15(21(27(26,30)25(31)37)16-4-2-3-5-19(16)33)10-11-17-20(18)23(35)32(22(17)34)14-8-6-13(28)7-9-14/h2-10,17-18,20-21,33H,11-12H2,1H3. The molecule has 1 N–H and O–H groups in total. The fourth-order valence-electron chi connectivity index (χ4n) is 6.67. The van der Waals surface area contributed by atoms with E-state index in [1.807, 2.05) is 6.08 Å². The number of benzene rings is 2. The molecule has 37 heavy (non-hydrogen) atoms. The lowest BCUT2D eigenvalue weighted by Crippen LogP contribution is -2.60. The van der Waals surface area contributed by atoms with E-state index in [9.17, 15) is 24.3 Å². The predicted molar refractivity (Wildman–Crippen MR) is 140 cm³/mol. The summed E-state index contributed by atoms with van der Waals surface area (Å²) < 4.78 is 0.811. The van der Waals surface area contributed by atoms with Crippen molar-refractivity contribution in [3.8, 4) is 5.75 Å². The van der Waals surface area contributed by atoms with Crippen LogP contribution in [0, 0.1) is 17.8 Å². The molecule has 2 aromatic rings. The number of phenols is 1. The first kappa shape index (κ1) is 24.6. The SMILES string of the molecule is CN1C(=O)C2(Cl)CC3C(=CCC4C(=O)N(c5ccc(Br)cc5)C(=O)C43)C(c3ccccc3O)C2(Cl)C1=O. The largest absolute Gasteiger partial charge is 0.508 e. The number of hydrogen-bond acceptors (Lipinski definition) is 5. The molecule has 190 valence electrons. The third-order valence-corrected chi connectivity index (χ3v) is 10.3. The first-order chi connectivity index (χ1) is 17.5. The number of likely N-dealkylation sites (tertiary alicyclic amines) is 1. The first-order valence-electron chi connectivity index (χ1n) is 11.8. The number of carbonyl (C=O) groups excluding carboxylic acids is 4. The summed E-state index contributed by atoms with van der Waals surface area (Å²) in [5.74, 6) is -5.13. The van der Waals surface area contributed by atoms with Gasteiger partial charge in [-0.3, -0.25) is 29.0 Å². The molecule has 2 saturated heterocycles. The van der Waals surface area contributed by atoms with Crippen LogP contribution in [0.1, 0.15) is 24.3 Å². The molecule has 0 aromatic heterocycles. The number of hydrogen-bond donors (Lipinski definition) is 1. The summed E-state index contributed by atoms with van der Waals surface area (Å²) in [6.45, 7) is 0. The maximum absolute atomic E-state index is 13.9. The summed E-state index contributed by atoms with van der Waals surface area (Å²) in [4.78, 5) is 52.6. The minimum atomic E-state index is -1.91. The highest BCUT2D eigenvalue weighted by Gasteiger charge is 2.76. The van der Waals surface area contributed by atoms with E-state index in [1.165, 1.54) is 18.0 Å². The van der Waals surface area contributed by atoms with E-state index in [-0.39, 0.29) is 30.4 Å². The van der Waals surface area contributed by atoms with Gasteiger partial charge in [-0.2, -0.15) is 0 Å². The van der Waals surface area contributed by atoms with Gasteiger partial charge in [-0.25, -0.2) is 0 Å². The molecule has 6 atom stereocenters. The highest BCUT2D eigenvalue weighted by Crippen LogP contribution is 2.66. The number of phenolic OH excluding ortho intramolecular Hbond substituents is 1. The van der Waals surface area contributed by atoms with Crippen molar-refractivity contribution in [2.75, 3.05) is 11.9 Å². The zero-order valence-electron chi connectivity index (χ0n) is 19.5. The average molecular weight is 604 g/mol. The molecule has 2 aromatic carbocycles. The number of alkyl halides is 2. The van der Waals surface area contributed by atoms with Crippen LogP contribution >= 0.6 is 39.1 Å². The number of fused-ring (bicyclic) bond motifs is 4. The summed E-state index contributed by atoms with van der Waals surface area (Å²) in [5.41, 5.74) is 1.44. The normalized spacial score (nSPS) is 34.9. The first-order valence-corrected chi connectivity index (χ1v) is 13.4. The van der Waals surface area contributed by atoms with Crippen molar-refractivity contribution >= 4 is 68.4 Å². The zero-order valence-corrected chi connectivity index (χ0v) is 22.6. The molecule has 10 heteroatoms. The monoisotopic (exact) mass is 602 g/mol.